The lowest BCUT2D eigenvalue weighted by atomic mass is 10.1. The van der Waals surface area contributed by atoms with Crippen LogP contribution in [0.15, 0.2) is 54.7 Å². The van der Waals surface area contributed by atoms with E-state index in [0.717, 1.165) is 28.1 Å². The predicted octanol–water partition coefficient (Wildman–Crippen LogP) is 4.35. The van der Waals surface area contributed by atoms with Crippen molar-refractivity contribution in [1.82, 2.24) is 9.55 Å². The number of aromatic nitrogens is 2. The minimum Gasteiger partial charge on any atom is -0.313 e. The molecule has 24 heavy (non-hydrogen) atoms. The summed E-state index contributed by atoms with van der Waals surface area (Å²) in [4.78, 5) is 16.6. The van der Waals surface area contributed by atoms with Gasteiger partial charge in [0.05, 0.1) is 11.9 Å². The van der Waals surface area contributed by atoms with Gasteiger partial charge in [-0.15, -0.1) is 0 Å². The second kappa shape index (κ2) is 6.58. The molecule has 0 spiro atoms. The van der Waals surface area contributed by atoms with Gasteiger partial charge in [-0.3, -0.25) is 5.32 Å². The van der Waals surface area contributed by atoms with E-state index in [-0.39, 0.29) is 6.03 Å². The number of urea groups is 1. The Bertz CT molecular complexity index is 868. The van der Waals surface area contributed by atoms with Crippen LogP contribution in [-0.4, -0.2) is 15.6 Å². The number of rotatable bonds is 3. The van der Waals surface area contributed by atoms with Crippen LogP contribution in [0.3, 0.4) is 0 Å². The maximum absolute atomic E-state index is 12.3. The molecule has 5 heteroatoms. The average molecular weight is 320 g/mol. The zero-order valence-corrected chi connectivity index (χ0v) is 14.0. The van der Waals surface area contributed by atoms with Crippen molar-refractivity contribution in [2.45, 2.75) is 13.8 Å². The number of aryl methyl sites for hydroxylation is 2. The van der Waals surface area contributed by atoms with E-state index in [1.807, 2.05) is 74.0 Å². The molecule has 2 amide bonds. The van der Waals surface area contributed by atoms with Crippen molar-refractivity contribution in [3.63, 3.8) is 0 Å². The Morgan fingerprint density at radius 3 is 2.54 bits per heavy atom. The Balaban J connectivity index is 1.76. The Kier molecular flexibility index (Phi) is 4.33. The molecule has 1 aromatic heterocycles. The molecule has 0 aliphatic carbocycles. The lowest BCUT2D eigenvalue weighted by Crippen LogP contribution is -2.22. The van der Waals surface area contributed by atoms with Gasteiger partial charge >= 0.3 is 6.03 Å². The molecule has 0 radical (unpaired) electrons. The molecule has 0 atom stereocenters. The number of nitrogens with one attached hydrogen (secondary N) is 2. The summed E-state index contributed by atoms with van der Waals surface area (Å²) in [6, 6.07) is 15.6. The van der Waals surface area contributed by atoms with Crippen molar-refractivity contribution >= 4 is 17.7 Å². The largest absolute Gasteiger partial charge is 0.326 e. The minimum absolute atomic E-state index is 0.308. The van der Waals surface area contributed by atoms with Crippen LogP contribution in [0.4, 0.5) is 16.4 Å². The van der Waals surface area contributed by atoms with Crippen LogP contribution < -0.4 is 10.6 Å². The van der Waals surface area contributed by atoms with E-state index in [0.29, 0.717) is 5.95 Å². The summed E-state index contributed by atoms with van der Waals surface area (Å²) in [6.45, 7) is 3.96. The molecule has 0 fully saturated rings. The number of imidazole rings is 1. The SMILES string of the molecule is Cc1ccc(C)c(NC(=O)Nc2ncc(-c3ccccc3)n2C)c1. The van der Waals surface area contributed by atoms with Gasteiger partial charge < -0.3 is 9.88 Å². The standard InChI is InChI=1S/C19H20N4O/c1-13-9-10-14(2)16(11-13)21-19(24)22-18-20-12-17(23(18)3)15-7-5-4-6-8-15/h4-12H,1-3H3,(H2,20,21,22,24). The van der Waals surface area contributed by atoms with E-state index in [4.69, 9.17) is 0 Å². The Hall–Kier alpha value is -3.08. The number of benzene rings is 2. The number of carbonyl (C=O) groups is 1. The molecule has 0 saturated heterocycles. The summed E-state index contributed by atoms with van der Waals surface area (Å²) in [7, 11) is 1.88. The number of nitrogens with zero attached hydrogens (tertiary/aromatic N) is 2. The summed E-state index contributed by atoms with van der Waals surface area (Å²) in [5, 5.41) is 5.67. The first-order chi connectivity index (χ1) is 11.5. The van der Waals surface area contributed by atoms with Gasteiger partial charge in [-0.2, -0.15) is 0 Å². The predicted molar refractivity (Wildman–Crippen MR) is 97.2 cm³/mol. The topological polar surface area (TPSA) is 59.0 Å². The fraction of sp³-hybridized carbons (Fsp3) is 0.158. The summed E-state index contributed by atoms with van der Waals surface area (Å²) < 4.78 is 1.86. The highest BCUT2D eigenvalue weighted by Gasteiger charge is 2.12. The van der Waals surface area contributed by atoms with Gasteiger partial charge in [-0.1, -0.05) is 42.5 Å². The van der Waals surface area contributed by atoms with Crippen molar-refractivity contribution in [2.24, 2.45) is 7.05 Å². The lowest BCUT2D eigenvalue weighted by Gasteiger charge is -2.11. The molecule has 2 aromatic carbocycles. The van der Waals surface area contributed by atoms with Crippen LogP contribution in [0.2, 0.25) is 0 Å². The van der Waals surface area contributed by atoms with Gasteiger partial charge in [0.2, 0.25) is 5.95 Å². The molecule has 5 nitrogen and oxygen atoms in total. The van der Waals surface area contributed by atoms with Crippen LogP contribution in [0.1, 0.15) is 11.1 Å². The number of anilines is 2. The molecule has 1 heterocycles. The fourth-order valence-electron chi connectivity index (χ4n) is 2.53. The van der Waals surface area contributed by atoms with Gasteiger partial charge in [-0.25, -0.2) is 9.78 Å². The van der Waals surface area contributed by atoms with E-state index in [1.54, 1.807) is 6.20 Å². The van der Waals surface area contributed by atoms with Crippen LogP contribution in [0, 0.1) is 13.8 Å². The molecule has 0 aliphatic heterocycles. The van der Waals surface area contributed by atoms with Crippen molar-refractivity contribution in [2.75, 3.05) is 10.6 Å². The Labute approximate surface area is 141 Å². The smallest absolute Gasteiger partial charge is 0.313 e. The highest BCUT2D eigenvalue weighted by Crippen LogP contribution is 2.22. The molecule has 0 unspecified atom stereocenters. The van der Waals surface area contributed by atoms with Crippen molar-refractivity contribution in [3.8, 4) is 11.3 Å². The third-order valence-electron chi connectivity index (χ3n) is 3.92. The molecule has 0 saturated carbocycles. The maximum atomic E-state index is 12.3. The molecule has 2 N–H and O–H groups in total. The third-order valence-corrected chi connectivity index (χ3v) is 3.92. The number of carbonyl (C=O) groups excluding carboxylic acids is 1. The third kappa shape index (κ3) is 3.30. The number of hydrogen-bond acceptors (Lipinski definition) is 2. The average Bonchev–Trinajstić information content (AvgIpc) is 2.92. The van der Waals surface area contributed by atoms with E-state index < -0.39 is 0 Å². The van der Waals surface area contributed by atoms with Gasteiger partial charge in [0.1, 0.15) is 0 Å². The second-order valence-corrected chi connectivity index (χ2v) is 5.79. The zero-order valence-electron chi connectivity index (χ0n) is 14.0. The Morgan fingerprint density at radius 2 is 1.79 bits per heavy atom. The first kappa shape index (κ1) is 15.8. The van der Waals surface area contributed by atoms with Crippen molar-refractivity contribution in [1.29, 1.82) is 0 Å². The van der Waals surface area contributed by atoms with Crippen LogP contribution in [0.25, 0.3) is 11.3 Å². The van der Waals surface area contributed by atoms with Crippen LogP contribution in [-0.2, 0) is 7.05 Å². The summed E-state index contributed by atoms with van der Waals surface area (Å²) in [5.74, 6) is 0.497. The second-order valence-electron chi connectivity index (χ2n) is 5.79. The van der Waals surface area contributed by atoms with E-state index in [1.165, 1.54) is 0 Å². The van der Waals surface area contributed by atoms with Gasteiger partial charge in [0.15, 0.2) is 0 Å². The highest BCUT2D eigenvalue weighted by molar-refractivity contribution is 5.99. The highest BCUT2D eigenvalue weighted by atomic mass is 16.2. The molecule has 0 bridgehead atoms. The first-order valence-electron chi connectivity index (χ1n) is 7.77. The van der Waals surface area contributed by atoms with Crippen molar-refractivity contribution in [3.05, 3.63) is 65.9 Å². The molecule has 122 valence electrons. The maximum Gasteiger partial charge on any atom is 0.326 e. The molecule has 3 rings (SSSR count). The molecule has 3 aromatic rings. The molecular weight excluding hydrogens is 300 g/mol. The number of hydrogen-bond donors (Lipinski definition) is 2. The monoisotopic (exact) mass is 320 g/mol. The minimum atomic E-state index is -0.308. The molecular formula is C19H20N4O. The summed E-state index contributed by atoms with van der Waals surface area (Å²) in [5.41, 5.74) is 4.90. The van der Waals surface area contributed by atoms with Gasteiger partial charge in [0, 0.05) is 12.7 Å². The summed E-state index contributed by atoms with van der Waals surface area (Å²) in [6.07, 6.45) is 1.75. The normalized spacial score (nSPS) is 10.5. The van der Waals surface area contributed by atoms with E-state index >= 15 is 0 Å². The first-order valence-corrected chi connectivity index (χ1v) is 7.77. The van der Waals surface area contributed by atoms with Crippen LogP contribution in [0.5, 0.6) is 0 Å². The lowest BCUT2D eigenvalue weighted by molar-refractivity contribution is 0.262. The quantitative estimate of drug-likeness (QED) is 0.754. The fourth-order valence-corrected chi connectivity index (χ4v) is 2.53. The number of amides is 2. The van der Waals surface area contributed by atoms with E-state index in [2.05, 4.69) is 15.6 Å². The van der Waals surface area contributed by atoms with E-state index in [9.17, 15) is 4.79 Å². The zero-order chi connectivity index (χ0) is 17.1. The Morgan fingerprint density at radius 1 is 1.04 bits per heavy atom. The van der Waals surface area contributed by atoms with Gasteiger partial charge in [-0.05, 0) is 36.6 Å². The summed E-state index contributed by atoms with van der Waals surface area (Å²) >= 11 is 0. The molecule has 0 aliphatic rings. The van der Waals surface area contributed by atoms with Crippen LogP contribution >= 0.6 is 0 Å². The van der Waals surface area contributed by atoms with Gasteiger partial charge in [0.25, 0.3) is 0 Å². The van der Waals surface area contributed by atoms with Crippen molar-refractivity contribution < 1.29 is 4.79 Å².